The van der Waals surface area contributed by atoms with Gasteiger partial charge in [-0.1, -0.05) is 12.1 Å². The molecule has 1 aliphatic rings. The van der Waals surface area contributed by atoms with E-state index < -0.39 is 0 Å². The number of carbonyl (C=O) groups is 2. The number of benzene rings is 1. The van der Waals surface area contributed by atoms with E-state index in [1.165, 1.54) is 4.90 Å². The summed E-state index contributed by atoms with van der Waals surface area (Å²) in [5.41, 5.74) is 1.11. The van der Waals surface area contributed by atoms with Crippen molar-refractivity contribution in [3.05, 3.63) is 29.8 Å². The number of anilines is 1. The molecule has 0 aliphatic carbocycles. The van der Waals surface area contributed by atoms with E-state index in [0.29, 0.717) is 23.6 Å². The van der Waals surface area contributed by atoms with Crippen LogP contribution < -0.4 is 10.6 Å². The van der Waals surface area contributed by atoms with E-state index in [1.807, 2.05) is 6.07 Å². The van der Waals surface area contributed by atoms with Gasteiger partial charge >= 0.3 is 0 Å². The average molecular weight is 312 g/mol. The fourth-order valence-electron chi connectivity index (χ4n) is 2.37. The molecule has 0 saturated carbocycles. The van der Waals surface area contributed by atoms with Crippen LogP contribution >= 0.6 is 12.4 Å². The Labute approximate surface area is 131 Å². The highest BCUT2D eigenvalue weighted by Gasteiger charge is 2.19. The van der Waals surface area contributed by atoms with Crippen molar-refractivity contribution in [2.75, 3.05) is 32.5 Å². The molecule has 1 aromatic carbocycles. The zero-order valence-electron chi connectivity index (χ0n) is 12.4. The maximum atomic E-state index is 12.1. The van der Waals surface area contributed by atoms with Gasteiger partial charge in [0.2, 0.25) is 5.91 Å². The zero-order valence-corrected chi connectivity index (χ0v) is 13.2. The van der Waals surface area contributed by atoms with E-state index >= 15 is 0 Å². The third-order valence-electron chi connectivity index (χ3n) is 3.47. The smallest absolute Gasteiger partial charge is 0.255 e. The molecule has 1 fully saturated rings. The van der Waals surface area contributed by atoms with Gasteiger partial charge in [0.25, 0.3) is 5.91 Å². The molecular weight excluding hydrogens is 290 g/mol. The lowest BCUT2D eigenvalue weighted by atomic mass is 10.0. The topological polar surface area (TPSA) is 61.4 Å². The number of carbonyl (C=O) groups excluding carboxylic acids is 2. The molecule has 6 heteroatoms. The Morgan fingerprint density at radius 3 is 2.67 bits per heavy atom. The third-order valence-corrected chi connectivity index (χ3v) is 3.47. The highest BCUT2D eigenvalue weighted by Crippen LogP contribution is 2.18. The molecule has 2 amide bonds. The predicted octanol–water partition coefficient (Wildman–Crippen LogP) is 1.75. The fourth-order valence-corrected chi connectivity index (χ4v) is 2.37. The van der Waals surface area contributed by atoms with E-state index in [0.717, 1.165) is 19.5 Å². The molecule has 1 aliphatic heterocycles. The summed E-state index contributed by atoms with van der Waals surface area (Å²) in [6.45, 7) is 1.87. The predicted molar refractivity (Wildman–Crippen MR) is 85.9 cm³/mol. The van der Waals surface area contributed by atoms with Crippen LogP contribution in [0.2, 0.25) is 0 Å². The largest absolute Gasteiger partial charge is 0.345 e. The first-order chi connectivity index (χ1) is 9.58. The quantitative estimate of drug-likeness (QED) is 0.890. The standard InChI is InChI=1S/C15H21N3O2.ClH/c1-18(2)15(20)12-5-3-4-6-13(12)17-14(19)9-11-7-8-16-10-11;/h3-6,11,16H,7-10H2,1-2H3,(H,17,19);1H. The van der Waals surface area contributed by atoms with Crippen molar-refractivity contribution >= 4 is 29.9 Å². The van der Waals surface area contributed by atoms with Gasteiger partial charge in [-0.25, -0.2) is 0 Å². The summed E-state index contributed by atoms with van der Waals surface area (Å²) in [4.78, 5) is 25.6. The first-order valence-electron chi connectivity index (χ1n) is 6.89. The SMILES string of the molecule is CN(C)C(=O)c1ccccc1NC(=O)CC1CCNC1.Cl. The van der Waals surface area contributed by atoms with Crippen molar-refractivity contribution in [3.8, 4) is 0 Å². The van der Waals surface area contributed by atoms with Crippen molar-refractivity contribution in [2.24, 2.45) is 5.92 Å². The minimum atomic E-state index is -0.108. The van der Waals surface area contributed by atoms with Crippen LogP contribution in [0.4, 0.5) is 5.69 Å². The second kappa shape index (κ2) is 8.00. The molecule has 0 radical (unpaired) electrons. The van der Waals surface area contributed by atoms with E-state index in [9.17, 15) is 9.59 Å². The number of nitrogens with zero attached hydrogens (tertiary/aromatic N) is 1. The number of para-hydroxylation sites is 1. The molecule has 116 valence electrons. The van der Waals surface area contributed by atoms with Gasteiger partial charge in [0, 0.05) is 20.5 Å². The van der Waals surface area contributed by atoms with Gasteiger partial charge in [-0.05, 0) is 37.6 Å². The molecule has 0 spiro atoms. The third kappa shape index (κ3) is 4.72. The van der Waals surface area contributed by atoms with Crippen LogP contribution in [0, 0.1) is 5.92 Å². The second-order valence-corrected chi connectivity index (χ2v) is 5.36. The molecule has 21 heavy (non-hydrogen) atoms. The van der Waals surface area contributed by atoms with Crippen molar-refractivity contribution in [3.63, 3.8) is 0 Å². The molecule has 5 nitrogen and oxygen atoms in total. The average Bonchev–Trinajstić information content (AvgIpc) is 2.91. The molecular formula is C15H22ClN3O2. The van der Waals surface area contributed by atoms with E-state index in [-0.39, 0.29) is 24.2 Å². The molecule has 2 rings (SSSR count). The summed E-state index contributed by atoms with van der Waals surface area (Å²) < 4.78 is 0. The van der Waals surface area contributed by atoms with Gasteiger partial charge in [0.05, 0.1) is 11.3 Å². The van der Waals surface area contributed by atoms with Gasteiger partial charge in [0.15, 0.2) is 0 Å². The highest BCUT2D eigenvalue weighted by molar-refractivity contribution is 6.03. The summed E-state index contributed by atoms with van der Waals surface area (Å²) in [7, 11) is 3.40. The van der Waals surface area contributed by atoms with Gasteiger partial charge in [0.1, 0.15) is 0 Å². The first-order valence-corrected chi connectivity index (χ1v) is 6.89. The first kappa shape index (κ1) is 17.5. The maximum absolute atomic E-state index is 12.1. The van der Waals surface area contributed by atoms with Crippen LogP contribution in [0.1, 0.15) is 23.2 Å². The molecule has 1 atom stereocenters. The number of nitrogens with one attached hydrogen (secondary N) is 2. The number of hydrogen-bond acceptors (Lipinski definition) is 3. The zero-order chi connectivity index (χ0) is 14.5. The number of halogens is 1. The Kier molecular flexibility index (Phi) is 6.65. The minimum absolute atomic E-state index is 0. The normalized spacial score (nSPS) is 17.0. The van der Waals surface area contributed by atoms with Crippen molar-refractivity contribution in [1.29, 1.82) is 0 Å². The van der Waals surface area contributed by atoms with Crippen molar-refractivity contribution in [2.45, 2.75) is 12.8 Å². The van der Waals surface area contributed by atoms with Crippen LogP contribution in [0.15, 0.2) is 24.3 Å². The Balaban J connectivity index is 0.00000220. The summed E-state index contributed by atoms with van der Waals surface area (Å²) in [5, 5.41) is 6.10. The van der Waals surface area contributed by atoms with Gasteiger partial charge in [-0.15, -0.1) is 12.4 Å². The summed E-state index contributed by atoms with van der Waals surface area (Å²) in [6.07, 6.45) is 1.53. The molecule has 0 bridgehead atoms. The Bertz CT molecular complexity index is 499. The molecule has 1 saturated heterocycles. The van der Waals surface area contributed by atoms with Crippen molar-refractivity contribution in [1.82, 2.24) is 10.2 Å². The Hall–Kier alpha value is -1.59. The number of amides is 2. The molecule has 1 aromatic rings. The lowest BCUT2D eigenvalue weighted by molar-refractivity contribution is -0.116. The Morgan fingerprint density at radius 2 is 2.05 bits per heavy atom. The monoisotopic (exact) mass is 311 g/mol. The van der Waals surface area contributed by atoms with Gasteiger partial charge in [-0.2, -0.15) is 0 Å². The van der Waals surface area contributed by atoms with E-state index in [1.54, 1.807) is 32.3 Å². The van der Waals surface area contributed by atoms with Crippen LogP contribution in [-0.4, -0.2) is 43.9 Å². The van der Waals surface area contributed by atoms with Crippen LogP contribution in [0.25, 0.3) is 0 Å². The van der Waals surface area contributed by atoms with E-state index in [2.05, 4.69) is 10.6 Å². The fraction of sp³-hybridized carbons (Fsp3) is 0.467. The summed E-state index contributed by atoms with van der Waals surface area (Å²) in [5.74, 6) is 0.257. The lowest BCUT2D eigenvalue weighted by Crippen LogP contribution is -2.24. The molecule has 0 aromatic heterocycles. The number of rotatable bonds is 4. The maximum Gasteiger partial charge on any atom is 0.255 e. The van der Waals surface area contributed by atoms with Gasteiger partial charge in [-0.3, -0.25) is 9.59 Å². The highest BCUT2D eigenvalue weighted by atomic mass is 35.5. The summed E-state index contributed by atoms with van der Waals surface area (Å²) in [6, 6.07) is 7.11. The van der Waals surface area contributed by atoms with Crippen LogP contribution in [0.3, 0.4) is 0 Å². The van der Waals surface area contributed by atoms with Crippen LogP contribution in [-0.2, 0) is 4.79 Å². The minimum Gasteiger partial charge on any atom is -0.345 e. The molecule has 1 heterocycles. The number of hydrogen-bond donors (Lipinski definition) is 2. The Morgan fingerprint density at radius 1 is 1.33 bits per heavy atom. The molecule has 1 unspecified atom stereocenters. The lowest BCUT2D eigenvalue weighted by Gasteiger charge is -2.15. The summed E-state index contributed by atoms with van der Waals surface area (Å²) >= 11 is 0. The molecule has 2 N–H and O–H groups in total. The van der Waals surface area contributed by atoms with Crippen molar-refractivity contribution < 1.29 is 9.59 Å². The van der Waals surface area contributed by atoms with E-state index in [4.69, 9.17) is 0 Å². The van der Waals surface area contributed by atoms with Gasteiger partial charge < -0.3 is 15.5 Å². The second-order valence-electron chi connectivity index (χ2n) is 5.36. The van der Waals surface area contributed by atoms with Crippen LogP contribution in [0.5, 0.6) is 0 Å².